The van der Waals surface area contributed by atoms with Crippen LogP contribution in [0, 0.1) is 0 Å². The molecule has 11 rings (SSSR count). The predicted molar refractivity (Wildman–Crippen MR) is 234 cm³/mol. The second-order valence-corrected chi connectivity index (χ2v) is 15.4. The van der Waals surface area contributed by atoms with Crippen molar-refractivity contribution < 1.29 is 0 Å². The summed E-state index contributed by atoms with van der Waals surface area (Å²) in [6, 6.07) is 76.9. The van der Waals surface area contributed by atoms with Crippen molar-refractivity contribution in [2.24, 2.45) is 0 Å². The molecule has 8 aromatic carbocycles. The van der Waals surface area contributed by atoms with Crippen molar-refractivity contribution >= 4 is 48.8 Å². The van der Waals surface area contributed by atoms with Gasteiger partial charge in [-0.1, -0.05) is 140 Å². The van der Waals surface area contributed by atoms with Gasteiger partial charge in [0.25, 0.3) is 0 Å². The summed E-state index contributed by atoms with van der Waals surface area (Å²) < 4.78 is 3.52. The molecule has 0 bridgehead atoms. The summed E-state index contributed by atoms with van der Waals surface area (Å²) in [6.45, 7) is 0. The predicted octanol–water partition coefficient (Wildman–Crippen LogP) is 13.7. The number of aromatic nitrogens is 2. The molecule has 4 heteroatoms. The van der Waals surface area contributed by atoms with E-state index in [2.05, 4.69) is 222 Å². The molecule has 0 N–H and O–H groups in total. The maximum Gasteiger partial charge on any atom is 0.145 e. The van der Waals surface area contributed by atoms with Crippen molar-refractivity contribution in [2.75, 3.05) is 4.90 Å². The Morgan fingerprint density at radius 2 is 1.09 bits per heavy atom. The van der Waals surface area contributed by atoms with Gasteiger partial charge in [-0.05, 0) is 112 Å². The van der Waals surface area contributed by atoms with Crippen molar-refractivity contribution in [2.45, 2.75) is 5.41 Å². The normalized spacial score (nSPS) is 12.8. The van der Waals surface area contributed by atoms with E-state index in [9.17, 15) is 0 Å². The highest BCUT2D eigenvalue weighted by molar-refractivity contribution is 7.23. The maximum atomic E-state index is 5.16. The van der Waals surface area contributed by atoms with Gasteiger partial charge in [0.2, 0.25) is 0 Å². The highest BCUT2D eigenvalue weighted by Gasteiger charge is 2.46. The molecule has 0 saturated heterocycles. The third-order valence-electron chi connectivity index (χ3n) is 11.3. The van der Waals surface area contributed by atoms with Crippen molar-refractivity contribution in [1.29, 1.82) is 0 Å². The Morgan fingerprint density at radius 3 is 1.84 bits per heavy atom. The van der Waals surface area contributed by atoms with Crippen LogP contribution < -0.4 is 4.90 Å². The zero-order chi connectivity index (χ0) is 37.1. The molecule has 0 amide bonds. The average Bonchev–Trinajstić information content (AvgIpc) is 3.96. The van der Waals surface area contributed by atoms with Crippen LogP contribution >= 0.6 is 11.3 Å². The van der Waals surface area contributed by atoms with E-state index in [1.54, 1.807) is 0 Å². The Kier molecular flexibility index (Phi) is 7.58. The smallest absolute Gasteiger partial charge is 0.145 e. The number of rotatable bonds is 7. The van der Waals surface area contributed by atoms with Gasteiger partial charge in [-0.15, -0.1) is 11.3 Å². The molecule has 56 heavy (non-hydrogen) atoms. The zero-order valence-electron chi connectivity index (χ0n) is 30.5. The highest BCUT2D eigenvalue weighted by atomic mass is 32.1. The first-order valence-corrected chi connectivity index (χ1v) is 19.9. The summed E-state index contributed by atoms with van der Waals surface area (Å²) in [4.78, 5) is 7.59. The van der Waals surface area contributed by atoms with Crippen molar-refractivity contribution in [3.05, 3.63) is 235 Å². The molecule has 2 aromatic heterocycles. The molecule has 1 aliphatic rings. The fourth-order valence-corrected chi connectivity index (χ4v) is 9.98. The molecule has 0 aliphatic heterocycles. The molecule has 0 atom stereocenters. The van der Waals surface area contributed by atoms with Gasteiger partial charge < -0.3 is 4.90 Å². The van der Waals surface area contributed by atoms with E-state index in [1.807, 2.05) is 11.3 Å². The SMILES string of the molecule is c1ccc(-n2c(-c3ccc(N(c4ccc5c(c4)C(c4ccccc4)(c4ccccc4)c4ccccc4-5)c4cc5ccccc5s4)cc3)nc3ccccc32)cc1. The van der Waals surface area contributed by atoms with Crippen LogP contribution in [0.3, 0.4) is 0 Å². The first-order chi connectivity index (χ1) is 27.8. The van der Waals surface area contributed by atoms with Gasteiger partial charge in [-0.2, -0.15) is 0 Å². The summed E-state index contributed by atoms with van der Waals surface area (Å²) in [5.74, 6) is 0.920. The Morgan fingerprint density at radius 1 is 0.482 bits per heavy atom. The minimum Gasteiger partial charge on any atom is -0.302 e. The molecule has 0 spiro atoms. The quantitative estimate of drug-likeness (QED) is 0.163. The molecule has 0 radical (unpaired) electrons. The minimum atomic E-state index is -0.489. The second kappa shape index (κ2) is 13.1. The van der Waals surface area contributed by atoms with Crippen molar-refractivity contribution in [3.63, 3.8) is 0 Å². The number of imidazole rings is 1. The molecule has 2 heterocycles. The zero-order valence-corrected chi connectivity index (χ0v) is 31.3. The summed E-state index contributed by atoms with van der Waals surface area (Å²) in [7, 11) is 0. The van der Waals surface area contributed by atoms with Crippen LogP contribution in [0.2, 0.25) is 0 Å². The van der Waals surface area contributed by atoms with Gasteiger partial charge >= 0.3 is 0 Å². The van der Waals surface area contributed by atoms with Gasteiger partial charge in [0, 0.05) is 27.3 Å². The number of fused-ring (bicyclic) bond motifs is 5. The standard InChI is InChI=1S/C52H35N3S/c1-4-17-38(18-5-1)52(39-19-6-2-7-20-39)45-24-12-11-23-43(45)44-33-32-42(35-46(44)52)54(50-34-37-16-10-15-27-49(37)56-50)41-30-28-36(29-31-41)51-53-47-25-13-14-26-48(47)55(51)40-21-8-3-9-22-40/h1-35H. The fraction of sp³-hybridized carbons (Fsp3) is 0.0192. The molecule has 0 unspecified atom stereocenters. The lowest BCUT2D eigenvalue weighted by atomic mass is 9.67. The molecule has 264 valence electrons. The minimum absolute atomic E-state index is 0.489. The molecular weight excluding hydrogens is 699 g/mol. The van der Waals surface area contributed by atoms with Crippen LogP contribution in [0.1, 0.15) is 22.3 Å². The van der Waals surface area contributed by atoms with Gasteiger partial charge in [0.05, 0.1) is 16.4 Å². The molecule has 0 saturated carbocycles. The number of hydrogen-bond acceptors (Lipinski definition) is 3. The Labute approximate surface area is 330 Å². The lowest BCUT2D eigenvalue weighted by Crippen LogP contribution is -2.28. The first-order valence-electron chi connectivity index (χ1n) is 19.0. The molecule has 1 aliphatic carbocycles. The van der Waals surface area contributed by atoms with Crippen LogP contribution in [0.5, 0.6) is 0 Å². The largest absolute Gasteiger partial charge is 0.302 e. The molecule has 10 aromatic rings. The van der Waals surface area contributed by atoms with E-state index < -0.39 is 5.41 Å². The van der Waals surface area contributed by atoms with Gasteiger partial charge in [0.15, 0.2) is 0 Å². The highest BCUT2D eigenvalue weighted by Crippen LogP contribution is 2.57. The molecule has 3 nitrogen and oxygen atoms in total. The summed E-state index contributed by atoms with van der Waals surface area (Å²) >= 11 is 1.82. The number of benzene rings is 8. The maximum absolute atomic E-state index is 5.16. The number of thiophene rings is 1. The van der Waals surface area contributed by atoms with Gasteiger partial charge in [-0.25, -0.2) is 4.98 Å². The topological polar surface area (TPSA) is 21.1 Å². The van der Waals surface area contributed by atoms with E-state index in [4.69, 9.17) is 4.98 Å². The van der Waals surface area contributed by atoms with Gasteiger partial charge in [0.1, 0.15) is 10.8 Å². The van der Waals surface area contributed by atoms with E-state index in [0.29, 0.717) is 0 Å². The van der Waals surface area contributed by atoms with E-state index in [-0.39, 0.29) is 0 Å². The van der Waals surface area contributed by atoms with Crippen molar-refractivity contribution in [3.8, 4) is 28.2 Å². The summed E-state index contributed by atoms with van der Waals surface area (Å²) in [5.41, 5.74) is 13.6. The van der Waals surface area contributed by atoms with Gasteiger partial charge in [-0.3, -0.25) is 4.57 Å². The summed E-state index contributed by atoms with van der Waals surface area (Å²) in [6.07, 6.45) is 0. The number of anilines is 3. The van der Waals surface area contributed by atoms with E-state index in [0.717, 1.165) is 44.5 Å². The monoisotopic (exact) mass is 733 g/mol. The third-order valence-corrected chi connectivity index (χ3v) is 12.4. The van der Waals surface area contributed by atoms with Crippen LogP contribution in [0.4, 0.5) is 16.4 Å². The molecule has 0 fully saturated rings. The Bertz CT molecular complexity index is 2950. The fourth-order valence-electron chi connectivity index (χ4n) is 8.87. The third kappa shape index (κ3) is 5.00. The Balaban J connectivity index is 1.12. The van der Waals surface area contributed by atoms with E-state index >= 15 is 0 Å². The number of nitrogens with zero attached hydrogens (tertiary/aromatic N) is 3. The Hall–Kier alpha value is -7.01. The summed E-state index contributed by atoms with van der Waals surface area (Å²) in [5, 5.41) is 2.40. The lowest BCUT2D eigenvalue weighted by Gasteiger charge is -2.34. The average molecular weight is 734 g/mol. The second-order valence-electron chi connectivity index (χ2n) is 14.4. The van der Waals surface area contributed by atoms with Crippen LogP contribution in [0.15, 0.2) is 212 Å². The van der Waals surface area contributed by atoms with Crippen molar-refractivity contribution in [1.82, 2.24) is 9.55 Å². The van der Waals surface area contributed by atoms with Crippen LogP contribution in [0.25, 0.3) is 49.3 Å². The first kappa shape index (κ1) is 32.4. The number of para-hydroxylation sites is 3. The van der Waals surface area contributed by atoms with Crippen LogP contribution in [-0.4, -0.2) is 9.55 Å². The number of hydrogen-bond donors (Lipinski definition) is 0. The lowest BCUT2D eigenvalue weighted by molar-refractivity contribution is 0.768. The van der Waals surface area contributed by atoms with Crippen LogP contribution in [-0.2, 0) is 5.41 Å². The molecular formula is C52H35N3S. The van der Waals surface area contributed by atoms with E-state index in [1.165, 1.54) is 43.5 Å².